The molecule has 4 nitrogen and oxygen atoms in total. The Kier molecular flexibility index (Phi) is 6.47. The molecule has 1 aliphatic heterocycles. The summed E-state index contributed by atoms with van der Waals surface area (Å²) in [4.78, 5) is 4.54. The minimum Gasteiger partial charge on any atom is -0.376 e. The predicted octanol–water partition coefficient (Wildman–Crippen LogP) is 2.10. The average molecular weight is 293 g/mol. The van der Waals surface area contributed by atoms with Crippen LogP contribution in [0.5, 0.6) is 0 Å². The second-order valence-corrected chi connectivity index (χ2v) is 5.16. The maximum atomic E-state index is 13.1. The Morgan fingerprint density at radius 1 is 1.43 bits per heavy atom. The molecule has 1 saturated heterocycles. The van der Waals surface area contributed by atoms with Crippen molar-refractivity contribution in [1.82, 2.24) is 10.6 Å². The maximum Gasteiger partial charge on any atom is 0.191 e. The van der Waals surface area contributed by atoms with E-state index in [0.29, 0.717) is 6.54 Å². The minimum absolute atomic E-state index is 0.188. The van der Waals surface area contributed by atoms with E-state index in [1.54, 1.807) is 12.1 Å². The molecular weight excluding hydrogens is 269 g/mol. The van der Waals surface area contributed by atoms with Gasteiger partial charge in [-0.2, -0.15) is 0 Å². The van der Waals surface area contributed by atoms with E-state index in [-0.39, 0.29) is 11.9 Å². The van der Waals surface area contributed by atoms with Crippen molar-refractivity contribution >= 4 is 5.96 Å². The van der Waals surface area contributed by atoms with Crippen LogP contribution >= 0.6 is 0 Å². The largest absolute Gasteiger partial charge is 0.376 e. The zero-order valence-corrected chi connectivity index (χ0v) is 12.6. The Bertz CT molecular complexity index is 459. The number of nitrogens with zero attached hydrogens (tertiary/aromatic N) is 1. The third kappa shape index (κ3) is 5.71. The summed E-state index contributed by atoms with van der Waals surface area (Å²) < 4.78 is 18.7. The van der Waals surface area contributed by atoms with Crippen molar-refractivity contribution in [3.05, 3.63) is 35.6 Å². The molecule has 1 fully saturated rings. The van der Waals surface area contributed by atoms with Crippen LogP contribution in [-0.4, -0.2) is 38.3 Å². The van der Waals surface area contributed by atoms with Crippen molar-refractivity contribution in [3.8, 4) is 0 Å². The molecule has 0 saturated carbocycles. The van der Waals surface area contributed by atoms with Crippen molar-refractivity contribution in [2.45, 2.75) is 32.3 Å². The first-order chi connectivity index (χ1) is 10.3. The molecule has 1 atom stereocenters. The molecular formula is C16H24FN3O. The van der Waals surface area contributed by atoms with Gasteiger partial charge in [-0.15, -0.1) is 0 Å². The number of ether oxygens (including phenoxy) is 1. The first kappa shape index (κ1) is 15.8. The van der Waals surface area contributed by atoms with Gasteiger partial charge < -0.3 is 15.4 Å². The first-order valence-electron chi connectivity index (χ1n) is 7.66. The van der Waals surface area contributed by atoms with Crippen LogP contribution in [0.1, 0.15) is 25.3 Å². The molecule has 0 aliphatic carbocycles. The number of nitrogens with one attached hydrogen (secondary N) is 2. The Balaban J connectivity index is 1.77. The van der Waals surface area contributed by atoms with Crippen LogP contribution in [0.3, 0.4) is 0 Å². The molecule has 0 spiro atoms. The van der Waals surface area contributed by atoms with Crippen LogP contribution in [0.4, 0.5) is 4.39 Å². The topological polar surface area (TPSA) is 45.7 Å². The normalized spacial score (nSPS) is 18.8. The van der Waals surface area contributed by atoms with Crippen molar-refractivity contribution < 1.29 is 9.13 Å². The van der Waals surface area contributed by atoms with E-state index in [2.05, 4.69) is 15.6 Å². The average Bonchev–Trinajstić information content (AvgIpc) is 2.98. The minimum atomic E-state index is -0.188. The van der Waals surface area contributed by atoms with Crippen molar-refractivity contribution in [2.24, 2.45) is 4.99 Å². The predicted molar refractivity (Wildman–Crippen MR) is 83.1 cm³/mol. The summed E-state index contributed by atoms with van der Waals surface area (Å²) in [7, 11) is 0. The van der Waals surface area contributed by atoms with E-state index >= 15 is 0 Å². The van der Waals surface area contributed by atoms with Gasteiger partial charge in [0.25, 0.3) is 0 Å². The Morgan fingerprint density at radius 2 is 2.33 bits per heavy atom. The highest BCUT2D eigenvalue weighted by Crippen LogP contribution is 2.11. The third-order valence-electron chi connectivity index (χ3n) is 3.42. The second-order valence-electron chi connectivity index (χ2n) is 5.16. The highest BCUT2D eigenvalue weighted by Gasteiger charge is 2.14. The number of guanidine groups is 1. The van der Waals surface area contributed by atoms with E-state index in [0.717, 1.165) is 50.5 Å². The molecule has 1 aromatic rings. The number of rotatable bonds is 6. The molecule has 0 amide bonds. The zero-order valence-electron chi connectivity index (χ0n) is 12.6. The van der Waals surface area contributed by atoms with Gasteiger partial charge in [0, 0.05) is 19.7 Å². The number of hydrogen-bond donors (Lipinski definition) is 2. The van der Waals surface area contributed by atoms with Gasteiger partial charge in [-0.05, 0) is 43.9 Å². The monoisotopic (exact) mass is 293 g/mol. The summed E-state index contributed by atoms with van der Waals surface area (Å²) in [6, 6.07) is 6.70. The lowest BCUT2D eigenvalue weighted by atomic mass is 10.1. The Labute approximate surface area is 125 Å². The number of halogens is 1. The lowest BCUT2D eigenvalue weighted by molar-refractivity contribution is 0.117. The fourth-order valence-electron chi connectivity index (χ4n) is 2.34. The number of hydrogen-bond acceptors (Lipinski definition) is 2. The summed E-state index contributed by atoms with van der Waals surface area (Å²) in [6.07, 6.45) is 3.24. The summed E-state index contributed by atoms with van der Waals surface area (Å²) in [6.45, 7) is 5.12. The second kappa shape index (κ2) is 8.62. The zero-order chi connectivity index (χ0) is 14.9. The summed E-state index contributed by atoms with van der Waals surface area (Å²) in [5, 5.41) is 6.49. The SMILES string of the molecule is CCNC(=NCC1CCCO1)NCCc1cccc(F)c1. The lowest BCUT2D eigenvalue weighted by Gasteiger charge is -2.13. The first-order valence-corrected chi connectivity index (χ1v) is 7.66. The molecule has 0 radical (unpaired) electrons. The third-order valence-corrected chi connectivity index (χ3v) is 3.42. The molecule has 1 heterocycles. The van der Waals surface area contributed by atoms with E-state index in [1.807, 2.05) is 13.0 Å². The molecule has 21 heavy (non-hydrogen) atoms. The number of aliphatic imine (C=N–C) groups is 1. The molecule has 0 aromatic heterocycles. The van der Waals surface area contributed by atoms with Crippen LogP contribution in [0, 0.1) is 5.82 Å². The summed E-state index contributed by atoms with van der Waals surface area (Å²) in [5.74, 6) is 0.607. The highest BCUT2D eigenvalue weighted by atomic mass is 19.1. The van der Waals surface area contributed by atoms with E-state index in [9.17, 15) is 4.39 Å². The van der Waals surface area contributed by atoms with E-state index in [4.69, 9.17) is 4.74 Å². The van der Waals surface area contributed by atoms with Gasteiger partial charge in [0.05, 0.1) is 12.6 Å². The highest BCUT2D eigenvalue weighted by molar-refractivity contribution is 5.79. The van der Waals surface area contributed by atoms with E-state index < -0.39 is 0 Å². The quantitative estimate of drug-likeness (QED) is 0.624. The smallest absolute Gasteiger partial charge is 0.191 e. The standard InChI is InChI=1S/C16H24FN3O/c1-2-18-16(20-12-15-7-4-10-21-15)19-9-8-13-5-3-6-14(17)11-13/h3,5-6,11,15H,2,4,7-10,12H2,1H3,(H2,18,19,20). The summed E-state index contributed by atoms with van der Waals surface area (Å²) in [5.41, 5.74) is 0.984. The van der Waals surface area contributed by atoms with Gasteiger partial charge in [-0.3, -0.25) is 4.99 Å². The molecule has 5 heteroatoms. The summed E-state index contributed by atoms with van der Waals surface area (Å²) >= 11 is 0. The van der Waals surface area contributed by atoms with E-state index in [1.165, 1.54) is 6.07 Å². The number of benzene rings is 1. The lowest BCUT2D eigenvalue weighted by Crippen LogP contribution is -2.38. The van der Waals surface area contributed by atoms with Crippen molar-refractivity contribution in [2.75, 3.05) is 26.2 Å². The molecule has 1 unspecified atom stereocenters. The van der Waals surface area contributed by atoms with Crippen LogP contribution in [0.2, 0.25) is 0 Å². The Hall–Kier alpha value is -1.62. The van der Waals surface area contributed by atoms with Crippen LogP contribution in [0.25, 0.3) is 0 Å². The maximum absolute atomic E-state index is 13.1. The van der Waals surface area contributed by atoms with Crippen molar-refractivity contribution in [1.29, 1.82) is 0 Å². The van der Waals surface area contributed by atoms with Crippen molar-refractivity contribution in [3.63, 3.8) is 0 Å². The van der Waals surface area contributed by atoms with Gasteiger partial charge in [-0.1, -0.05) is 12.1 Å². The molecule has 1 aromatic carbocycles. The molecule has 0 bridgehead atoms. The fourth-order valence-corrected chi connectivity index (χ4v) is 2.34. The molecule has 2 rings (SSSR count). The molecule has 116 valence electrons. The van der Waals surface area contributed by atoms with Gasteiger partial charge in [0.2, 0.25) is 0 Å². The van der Waals surface area contributed by atoms with Gasteiger partial charge >= 0.3 is 0 Å². The van der Waals surface area contributed by atoms with Crippen LogP contribution in [0.15, 0.2) is 29.3 Å². The Morgan fingerprint density at radius 3 is 3.05 bits per heavy atom. The van der Waals surface area contributed by atoms with Gasteiger partial charge in [0.1, 0.15) is 5.82 Å². The van der Waals surface area contributed by atoms with Crippen LogP contribution in [-0.2, 0) is 11.2 Å². The van der Waals surface area contributed by atoms with Gasteiger partial charge in [0.15, 0.2) is 5.96 Å². The van der Waals surface area contributed by atoms with Gasteiger partial charge in [-0.25, -0.2) is 4.39 Å². The molecule has 2 N–H and O–H groups in total. The van der Waals surface area contributed by atoms with Crippen LogP contribution < -0.4 is 10.6 Å². The fraction of sp³-hybridized carbons (Fsp3) is 0.562. The molecule has 1 aliphatic rings.